The van der Waals surface area contributed by atoms with Gasteiger partial charge in [0, 0.05) is 26.7 Å². The minimum Gasteiger partial charge on any atom is -0.463 e. The average Bonchev–Trinajstić information content (AvgIpc) is 2.36. The molecule has 1 rings (SSSR count). The normalized spacial score (nSPS) is 19.5. The highest BCUT2D eigenvalue weighted by Crippen LogP contribution is 2.18. The molecule has 0 aromatic carbocycles. The third kappa shape index (κ3) is 1.55. The van der Waals surface area contributed by atoms with Crippen molar-refractivity contribution in [1.29, 1.82) is 0 Å². The maximum Gasteiger partial charge on any atom is 0.334 e. The van der Waals surface area contributed by atoms with Crippen molar-refractivity contribution in [2.45, 2.75) is 45.6 Å². The molecular weight excluding hydrogens is 138 g/mol. The van der Waals surface area contributed by atoms with E-state index in [2.05, 4.69) is 25.3 Å². The highest BCUT2D eigenvalue weighted by molar-refractivity contribution is 5.69. The SMILES string of the molecule is CCC(C)(C)[N+]1=C(O)CCC1. The molecule has 0 unspecified atom stereocenters. The van der Waals surface area contributed by atoms with Crippen LogP contribution in [0.1, 0.15) is 40.0 Å². The largest absolute Gasteiger partial charge is 0.463 e. The molecule has 0 atom stereocenters. The van der Waals surface area contributed by atoms with Gasteiger partial charge in [-0.15, -0.1) is 0 Å². The lowest BCUT2D eigenvalue weighted by molar-refractivity contribution is -0.600. The van der Waals surface area contributed by atoms with Gasteiger partial charge in [0.25, 0.3) is 0 Å². The van der Waals surface area contributed by atoms with Gasteiger partial charge in [-0.2, -0.15) is 4.58 Å². The Hall–Kier alpha value is -0.530. The molecule has 1 aliphatic heterocycles. The van der Waals surface area contributed by atoms with Crippen LogP contribution in [0.25, 0.3) is 0 Å². The van der Waals surface area contributed by atoms with Gasteiger partial charge in [-0.25, -0.2) is 0 Å². The Balaban J connectivity index is 2.81. The van der Waals surface area contributed by atoms with E-state index < -0.39 is 0 Å². The number of aliphatic hydroxyl groups is 1. The number of aliphatic hydroxyl groups excluding tert-OH is 1. The van der Waals surface area contributed by atoms with Crippen LogP contribution < -0.4 is 0 Å². The summed E-state index contributed by atoms with van der Waals surface area (Å²) >= 11 is 0. The summed E-state index contributed by atoms with van der Waals surface area (Å²) < 4.78 is 2.12. The third-order valence-corrected chi connectivity index (χ3v) is 2.69. The second-order valence-electron chi connectivity index (χ2n) is 3.84. The topological polar surface area (TPSA) is 23.2 Å². The van der Waals surface area contributed by atoms with Crippen molar-refractivity contribution in [3.8, 4) is 0 Å². The van der Waals surface area contributed by atoms with Gasteiger partial charge >= 0.3 is 5.90 Å². The second-order valence-corrected chi connectivity index (χ2v) is 3.84. The zero-order chi connectivity index (χ0) is 8.48. The monoisotopic (exact) mass is 156 g/mol. The van der Waals surface area contributed by atoms with Crippen LogP contribution in [0.4, 0.5) is 0 Å². The first-order chi connectivity index (χ1) is 5.08. The Labute approximate surface area is 68.6 Å². The first kappa shape index (κ1) is 8.57. The summed E-state index contributed by atoms with van der Waals surface area (Å²) in [5, 5.41) is 9.50. The van der Waals surface area contributed by atoms with Crippen LogP contribution in [0.5, 0.6) is 0 Å². The van der Waals surface area contributed by atoms with E-state index in [-0.39, 0.29) is 5.54 Å². The van der Waals surface area contributed by atoms with Gasteiger partial charge < -0.3 is 5.11 Å². The standard InChI is InChI=1S/C9H17NO/c1-4-9(2,3)10-7-5-6-8(10)11/h4-7H2,1-3H3/p+1. The van der Waals surface area contributed by atoms with Crippen LogP contribution in [-0.2, 0) is 0 Å². The molecule has 1 aliphatic rings. The number of hydrogen-bond acceptors (Lipinski definition) is 0. The van der Waals surface area contributed by atoms with Gasteiger partial charge in [0.05, 0.1) is 6.42 Å². The fraction of sp³-hybridized carbons (Fsp3) is 0.889. The van der Waals surface area contributed by atoms with Crippen LogP contribution in [0.2, 0.25) is 0 Å². The Morgan fingerprint density at radius 2 is 2.18 bits per heavy atom. The second kappa shape index (κ2) is 2.84. The Kier molecular flexibility index (Phi) is 2.21. The van der Waals surface area contributed by atoms with Gasteiger partial charge in [0.1, 0.15) is 6.54 Å². The highest BCUT2D eigenvalue weighted by Gasteiger charge is 2.34. The molecule has 1 heterocycles. The molecule has 0 radical (unpaired) electrons. The molecule has 11 heavy (non-hydrogen) atoms. The molecule has 1 N–H and O–H groups in total. The van der Waals surface area contributed by atoms with Gasteiger partial charge in [0.2, 0.25) is 0 Å². The van der Waals surface area contributed by atoms with E-state index in [1.165, 1.54) is 0 Å². The minimum atomic E-state index is 0.139. The van der Waals surface area contributed by atoms with Crippen LogP contribution >= 0.6 is 0 Å². The first-order valence-electron chi connectivity index (χ1n) is 4.40. The maximum absolute atomic E-state index is 9.50. The van der Waals surface area contributed by atoms with E-state index in [9.17, 15) is 5.11 Å². The molecule has 2 heteroatoms. The van der Waals surface area contributed by atoms with Crippen molar-refractivity contribution in [2.75, 3.05) is 6.54 Å². The summed E-state index contributed by atoms with van der Waals surface area (Å²) in [6.45, 7) is 7.53. The summed E-state index contributed by atoms with van der Waals surface area (Å²) in [4.78, 5) is 0. The molecule has 2 nitrogen and oxygen atoms in total. The van der Waals surface area contributed by atoms with E-state index >= 15 is 0 Å². The van der Waals surface area contributed by atoms with Crippen molar-refractivity contribution in [3.05, 3.63) is 0 Å². The number of nitrogens with zero attached hydrogens (tertiary/aromatic N) is 1. The zero-order valence-electron chi connectivity index (χ0n) is 7.72. The molecule has 0 spiro atoms. The van der Waals surface area contributed by atoms with Gasteiger partial charge in [-0.1, -0.05) is 6.92 Å². The summed E-state index contributed by atoms with van der Waals surface area (Å²) in [5.74, 6) is 0.580. The Bertz CT molecular complexity index is 182. The lowest BCUT2D eigenvalue weighted by Crippen LogP contribution is -2.37. The van der Waals surface area contributed by atoms with Crippen molar-refractivity contribution >= 4 is 5.90 Å². The molecule has 0 fully saturated rings. The number of hydrogen-bond donors (Lipinski definition) is 1. The summed E-state index contributed by atoms with van der Waals surface area (Å²) in [6.07, 6.45) is 3.05. The van der Waals surface area contributed by atoms with Gasteiger partial charge in [-0.3, -0.25) is 0 Å². The minimum absolute atomic E-state index is 0.139. The van der Waals surface area contributed by atoms with Crippen LogP contribution in [0, 0.1) is 0 Å². The molecule has 0 saturated heterocycles. The highest BCUT2D eigenvalue weighted by atomic mass is 16.3. The van der Waals surface area contributed by atoms with Crippen LogP contribution in [-0.4, -0.2) is 27.7 Å². The van der Waals surface area contributed by atoms with E-state index in [1.54, 1.807) is 0 Å². The van der Waals surface area contributed by atoms with Gasteiger partial charge in [0.15, 0.2) is 5.54 Å². The van der Waals surface area contributed by atoms with Crippen molar-refractivity contribution in [1.82, 2.24) is 0 Å². The fourth-order valence-electron chi connectivity index (χ4n) is 1.50. The smallest absolute Gasteiger partial charge is 0.334 e. The van der Waals surface area contributed by atoms with Crippen molar-refractivity contribution in [2.24, 2.45) is 0 Å². The summed E-state index contributed by atoms with van der Waals surface area (Å²) in [6, 6.07) is 0. The Morgan fingerprint density at radius 1 is 1.55 bits per heavy atom. The average molecular weight is 156 g/mol. The molecule has 0 aromatic rings. The predicted molar refractivity (Wildman–Crippen MR) is 46.4 cm³/mol. The van der Waals surface area contributed by atoms with E-state index in [0.717, 1.165) is 25.8 Å². The lowest BCUT2D eigenvalue weighted by Gasteiger charge is -2.18. The molecule has 0 bridgehead atoms. The van der Waals surface area contributed by atoms with Crippen molar-refractivity contribution in [3.63, 3.8) is 0 Å². The molecule has 0 amide bonds. The molecule has 0 aromatic heterocycles. The molecular formula is C9H18NO+. The lowest BCUT2D eigenvalue weighted by atomic mass is 10.0. The van der Waals surface area contributed by atoms with Crippen LogP contribution in [0.15, 0.2) is 0 Å². The molecule has 0 saturated carbocycles. The maximum atomic E-state index is 9.50. The molecule has 64 valence electrons. The fourth-order valence-corrected chi connectivity index (χ4v) is 1.50. The first-order valence-corrected chi connectivity index (χ1v) is 4.40. The number of rotatable bonds is 2. The summed E-state index contributed by atoms with van der Waals surface area (Å²) in [5.41, 5.74) is 0.139. The zero-order valence-corrected chi connectivity index (χ0v) is 7.72. The quantitative estimate of drug-likeness (QED) is 0.607. The van der Waals surface area contributed by atoms with E-state index in [1.807, 2.05) is 0 Å². The predicted octanol–water partition coefficient (Wildman–Crippen LogP) is 1.94. The Morgan fingerprint density at radius 3 is 2.55 bits per heavy atom. The van der Waals surface area contributed by atoms with Gasteiger partial charge in [-0.05, 0) is 0 Å². The van der Waals surface area contributed by atoms with Crippen LogP contribution in [0.3, 0.4) is 0 Å². The summed E-state index contributed by atoms with van der Waals surface area (Å²) in [7, 11) is 0. The van der Waals surface area contributed by atoms with E-state index in [4.69, 9.17) is 0 Å². The third-order valence-electron chi connectivity index (χ3n) is 2.69. The van der Waals surface area contributed by atoms with Crippen molar-refractivity contribution < 1.29 is 9.68 Å². The molecule has 0 aliphatic carbocycles. The van der Waals surface area contributed by atoms with E-state index in [0.29, 0.717) is 5.90 Å².